The molecule has 0 aliphatic rings. The maximum atomic E-state index is 5.82. The lowest BCUT2D eigenvalue weighted by atomic mass is 9.98. The lowest BCUT2D eigenvalue weighted by Gasteiger charge is -2.09. The molecule has 0 unspecified atom stereocenters. The van der Waals surface area contributed by atoms with Crippen LogP contribution < -0.4 is 5.73 Å². The first-order chi connectivity index (χ1) is 8.24. The summed E-state index contributed by atoms with van der Waals surface area (Å²) in [6, 6.07) is 5.64. The van der Waals surface area contributed by atoms with Gasteiger partial charge in [0.25, 0.3) is 0 Å². The van der Waals surface area contributed by atoms with Crippen molar-refractivity contribution in [2.24, 2.45) is 0 Å². The third-order valence-corrected chi connectivity index (χ3v) is 3.05. The van der Waals surface area contributed by atoms with Crippen LogP contribution in [0.2, 0.25) is 0 Å². The van der Waals surface area contributed by atoms with Crippen molar-refractivity contribution in [1.82, 2.24) is 4.98 Å². The SMILES string of the molecule is CCCC(CCC)c1nc2ccc(N)cc2o1. The number of fused-ring (bicyclic) bond motifs is 1. The summed E-state index contributed by atoms with van der Waals surface area (Å²) in [4.78, 5) is 4.57. The van der Waals surface area contributed by atoms with Gasteiger partial charge in [-0.05, 0) is 25.0 Å². The highest BCUT2D eigenvalue weighted by Crippen LogP contribution is 2.29. The summed E-state index contributed by atoms with van der Waals surface area (Å²) >= 11 is 0. The molecule has 1 heterocycles. The number of hydrogen-bond acceptors (Lipinski definition) is 3. The average molecular weight is 232 g/mol. The van der Waals surface area contributed by atoms with Crippen molar-refractivity contribution >= 4 is 16.8 Å². The molecule has 0 atom stereocenters. The van der Waals surface area contributed by atoms with E-state index in [1.54, 1.807) is 0 Å². The van der Waals surface area contributed by atoms with Crippen molar-refractivity contribution in [3.8, 4) is 0 Å². The van der Waals surface area contributed by atoms with Gasteiger partial charge >= 0.3 is 0 Å². The summed E-state index contributed by atoms with van der Waals surface area (Å²) in [6.45, 7) is 4.40. The number of nitrogen functional groups attached to an aromatic ring is 1. The number of benzene rings is 1. The Hall–Kier alpha value is -1.51. The Morgan fingerprint density at radius 1 is 1.24 bits per heavy atom. The van der Waals surface area contributed by atoms with E-state index in [-0.39, 0.29) is 0 Å². The summed E-state index contributed by atoms with van der Waals surface area (Å²) in [7, 11) is 0. The Morgan fingerprint density at radius 3 is 2.59 bits per heavy atom. The molecular weight excluding hydrogens is 212 g/mol. The summed E-state index contributed by atoms with van der Waals surface area (Å²) in [5.74, 6) is 1.31. The Morgan fingerprint density at radius 2 is 1.94 bits per heavy atom. The van der Waals surface area contributed by atoms with Gasteiger partial charge in [-0.25, -0.2) is 4.98 Å². The second-order valence-electron chi connectivity index (χ2n) is 4.55. The molecule has 17 heavy (non-hydrogen) atoms. The number of oxazole rings is 1. The van der Waals surface area contributed by atoms with E-state index in [1.807, 2.05) is 18.2 Å². The second kappa shape index (κ2) is 5.21. The minimum Gasteiger partial charge on any atom is -0.440 e. The van der Waals surface area contributed by atoms with E-state index in [2.05, 4.69) is 18.8 Å². The van der Waals surface area contributed by atoms with Gasteiger partial charge in [0, 0.05) is 17.7 Å². The van der Waals surface area contributed by atoms with E-state index in [9.17, 15) is 0 Å². The van der Waals surface area contributed by atoms with Gasteiger partial charge in [-0.15, -0.1) is 0 Å². The molecule has 1 aromatic carbocycles. The highest BCUT2D eigenvalue weighted by atomic mass is 16.3. The van der Waals surface area contributed by atoms with Crippen LogP contribution in [-0.4, -0.2) is 4.98 Å². The second-order valence-corrected chi connectivity index (χ2v) is 4.55. The van der Waals surface area contributed by atoms with Gasteiger partial charge in [0.15, 0.2) is 11.5 Å². The van der Waals surface area contributed by atoms with Crippen LogP contribution in [0, 0.1) is 0 Å². The van der Waals surface area contributed by atoms with E-state index < -0.39 is 0 Å². The van der Waals surface area contributed by atoms with E-state index in [4.69, 9.17) is 10.2 Å². The zero-order valence-electron chi connectivity index (χ0n) is 10.6. The number of aromatic nitrogens is 1. The van der Waals surface area contributed by atoms with Crippen LogP contribution in [0.15, 0.2) is 22.6 Å². The normalized spacial score (nSPS) is 11.5. The molecule has 0 spiro atoms. The third kappa shape index (κ3) is 2.60. The summed E-state index contributed by atoms with van der Waals surface area (Å²) in [5.41, 5.74) is 8.18. The molecule has 0 bridgehead atoms. The lowest BCUT2D eigenvalue weighted by Crippen LogP contribution is -1.98. The van der Waals surface area contributed by atoms with E-state index >= 15 is 0 Å². The van der Waals surface area contributed by atoms with E-state index in [0.29, 0.717) is 5.92 Å². The largest absolute Gasteiger partial charge is 0.440 e. The molecule has 0 aliphatic heterocycles. The van der Waals surface area contributed by atoms with Crippen LogP contribution in [0.5, 0.6) is 0 Å². The lowest BCUT2D eigenvalue weighted by molar-refractivity contribution is 0.428. The van der Waals surface area contributed by atoms with Gasteiger partial charge in [0.05, 0.1) is 0 Å². The molecule has 0 aliphatic carbocycles. The van der Waals surface area contributed by atoms with Crippen molar-refractivity contribution in [1.29, 1.82) is 0 Å². The molecule has 0 saturated carbocycles. The topological polar surface area (TPSA) is 52.0 Å². The number of nitrogens with zero attached hydrogens (tertiary/aromatic N) is 1. The highest BCUT2D eigenvalue weighted by Gasteiger charge is 2.16. The highest BCUT2D eigenvalue weighted by molar-refractivity contribution is 5.76. The molecular formula is C14H20N2O. The molecule has 0 saturated heterocycles. The number of hydrogen-bond donors (Lipinski definition) is 1. The number of rotatable bonds is 5. The fourth-order valence-corrected chi connectivity index (χ4v) is 2.22. The molecule has 2 rings (SSSR count). The molecule has 3 nitrogen and oxygen atoms in total. The first kappa shape index (κ1) is 12.0. The predicted molar refractivity (Wildman–Crippen MR) is 71.0 cm³/mol. The standard InChI is InChI=1S/C14H20N2O/c1-3-5-10(6-4-2)14-16-12-8-7-11(15)9-13(12)17-14/h7-10H,3-6,15H2,1-2H3. The van der Waals surface area contributed by atoms with E-state index in [0.717, 1.165) is 48.4 Å². The molecule has 92 valence electrons. The van der Waals surface area contributed by atoms with E-state index in [1.165, 1.54) is 0 Å². The maximum Gasteiger partial charge on any atom is 0.198 e. The van der Waals surface area contributed by atoms with Crippen LogP contribution in [-0.2, 0) is 0 Å². The maximum absolute atomic E-state index is 5.82. The first-order valence-electron chi connectivity index (χ1n) is 6.40. The van der Waals surface area contributed by atoms with Gasteiger partial charge in [-0.3, -0.25) is 0 Å². The van der Waals surface area contributed by atoms with Gasteiger partial charge in [-0.2, -0.15) is 0 Å². The fraction of sp³-hybridized carbons (Fsp3) is 0.500. The zero-order valence-corrected chi connectivity index (χ0v) is 10.6. The summed E-state index contributed by atoms with van der Waals surface area (Å²) < 4.78 is 5.82. The van der Waals surface area contributed by atoms with Gasteiger partial charge in [0.2, 0.25) is 0 Å². The zero-order chi connectivity index (χ0) is 12.3. The summed E-state index contributed by atoms with van der Waals surface area (Å²) in [5, 5.41) is 0. The van der Waals surface area contributed by atoms with Crippen molar-refractivity contribution < 1.29 is 4.42 Å². The van der Waals surface area contributed by atoms with Crippen LogP contribution in [0.4, 0.5) is 5.69 Å². The van der Waals surface area contributed by atoms with Crippen LogP contribution in [0.1, 0.15) is 51.3 Å². The molecule has 0 fully saturated rings. The fourth-order valence-electron chi connectivity index (χ4n) is 2.22. The quantitative estimate of drug-likeness (QED) is 0.790. The Balaban J connectivity index is 2.33. The number of anilines is 1. The first-order valence-corrected chi connectivity index (χ1v) is 6.40. The Kier molecular flexibility index (Phi) is 3.67. The van der Waals surface area contributed by atoms with Gasteiger partial charge < -0.3 is 10.2 Å². The number of nitrogens with two attached hydrogens (primary N) is 1. The molecule has 2 aromatic rings. The predicted octanol–water partition coefficient (Wildman–Crippen LogP) is 4.09. The van der Waals surface area contributed by atoms with Gasteiger partial charge in [0.1, 0.15) is 5.52 Å². The smallest absolute Gasteiger partial charge is 0.198 e. The average Bonchev–Trinajstić information content (AvgIpc) is 2.71. The minimum absolute atomic E-state index is 0.443. The summed E-state index contributed by atoms with van der Waals surface area (Å²) in [6.07, 6.45) is 4.59. The van der Waals surface area contributed by atoms with Crippen molar-refractivity contribution in [3.63, 3.8) is 0 Å². The van der Waals surface area contributed by atoms with Crippen LogP contribution >= 0.6 is 0 Å². The van der Waals surface area contributed by atoms with Crippen molar-refractivity contribution in [2.45, 2.75) is 45.4 Å². The van der Waals surface area contributed by atoms with Crippen LogP contribution in [0.3, 0.4) is 0 Å². The van der Waals surface area contributed by atoms with Crippen LogP contribution in [0.25, 0.3) is 11.1 Å². The van der Waals surface area contributed by atoms with Crippen molar-refractivity contribution in [3.05, 3.63) is 24.1 Å². The molecule has 0 radical (unpaired) electrons. The third-order valence-electron chi connectivity index (χ3n) is 3.05. The van der Waals surface area contributed by atoms with Crippen molar-refractivity contribution in [2.75, 3.05) is 5.73 Å². The monoisotopic (exact) mass is 232 g/mol. The molecule has 0 amide bonds. The Bertz CT molecular complexity index is 484. The Labute approximate surface area is 102 Å². The molecule has 2 N–H and O–H groups in total. The minimum atomic E-state index is 0.443. The molecule has 1 aromatic heterocycles. The van der Waals surface area contributed by atoms with Gasteiger partial charge in [-0.1, -0.05) is 26.7 Å². The molecule has 3 heteroatoms.